The lowest BCUT2D eigenvalue weighted by Gasteiger charge is -2.26. The Kier molecular flexibility index (Phi) is 4.89. The molecule has 1 heterocycles. The molecule has 1 saturated heterocycles. The van der Waals surface area contributed by atoms with Gasteiger partial charge in [-0.25, -0.2) is 4.39 Å². The molecule has 0 amide bonds. The van der Waals surface area contributed by atoms with Gasteiger partial charge in [0.05, 0.1) is 0 Å². The maximum absolute atomic E-state index is 13.6. The van der Waals surface area contributed by atoms with Crippen molar-refractivity contribution in [3.63, 3.8) is 0 Å². The second kappa shape index (κ2) is 6.43. The molecular formula is C14H21FN2S. The Balaban J connectivity index is 2.13. The zero-order valence-electron chi connectivity index (χ0n) is 11.1. The van der Waals surface area contributed by atoms with Crippen molar-refractivity contribution in [2.75, 3.05) is 30.0 Å². The van der Waals surface area contributed by atoms with Crippen LogP contribution in [0.1, 0.15) is 18.9 Å². The van der Waals surface area contributed by atoms with Gasteiger partial charge in [-0.05, 0) is 42.5 Å². The van der Waals surface area contributed by atoms with Gasteiger partial charge in [0, 0.05) is 31.1 Å². The number of anilines is 1. The summed E-state index contributed by atoms with van der Waals surface area (Å²) < 4.78 is 13.6. The molecule has 2 rings (SSSR count). The van der Waals surface area contributed by atoms with Crippen LogP contribution in [0, 0.1) is 5.82 Å². The first kappa shape index (κ1) is 13.7. The molecule has 1 fully saturated rings. The van der Waals surface area contributed by atoms with Crippen molar-refractivity contribution >= 4 is 17.4 Å². The number of rotatable bonds is 5. The van der Waals surface area contributed by atoms with Crippen molar-refractivity contribution in [1.82, 2.24) is 5.32 Å². The highest BCUT2D eigenvalue weighted by Crippen LogP contribution is 2.27. The van der Waals surface area contributed by atoms with Crippen LogP contribution in [-0.4, -0.2) is 31.1 Å². The highest BCUT2D eigenvalue weighted by molar-refractivity contribution is 7.99. The minimum atomic E-state index is -0.141. The van der Waals surface area contributed by atoms with E-state index in [1.165, 1.54) is 12.2 Å². The van der Waals surface area contributed by atoms with Crippen LogP contribution in [0.5, 0.6) is 0 Å². The van der Waals surface area contributed by atoms with Crippen molar-refractivity contribution in [2.24, 2.45) is 0 Å². The first-order valence-corrected chi connectivity index (χ1v) is 7.67. The molecule has 0 saturated carbocycles. The first-order valence-electron chi connectivity index (χ1n) is 6.51. The summed E-state index contributed by atoms with van der Waals surface area (Å²) in [5.74, 6) is 2.22. The van der Waals surface area contributed by atoms with Crippen molar-refractivity contribution < 1.29 is 4.39 Å². The summed E-state index contributed by atoms with van der Waals surface area (Å²) in [6.07, 6.45) is 1.19. The van der Waals surface area contributed by atoms with Crippen LogP contribution in [0.15, 0.2) is 18.2 Å². The Morgan fingerprint density at radius 3 is 2.94 bits per heavy atom. The summed E-state index contributed by atoms with van der Waals surface area (Å²) in [5, 5.41) is 3.24. The van der Waals surface area contributed by atoms with E-state index in [1.807, 2.05) is 11.8 Å². The van der Waals surface area contributed by atoms with E-state index in [-0.39, 0.29) is 5.82 Å². The van der Waals surface area contributed by atoms with E-state index >= 15 is 0 Å². The Morgan fingerprint density at radius 1 is 1.44 bits per heavy atom. The number of hydrogen-bond donors (Lipinski definition) is 1. The highest BCUT2D eigenvalue weighted by Gasteiger charge is 2.20. The molecule has 0 bridgehead atoms. The lowest BCUT2D eigenvalue weighted by molar-refractivity contribution is 0.618. The van der Waals surface area contributed by atoms with E-state index in [2.05, 4.69) is 30.3 Å². The average Bonchev–Trinajstić information content (AvgIpc) is 2.88. The molecule has 1 aromatic carbocycles. The number of nitrogens with one attached hydrogen (secondary N) is 1. The van der Waals surface area contributed by atoms with E-state index in [0.29, 0.717) is 6.04 Å². The largest absolute Gasteiger partial charge is 0.371 e. The molecule has 4 heteroatoms. The monoisotopic (exact) mass is 268 g/mol. The summed E-state index contributed by atoms with van der Waals surface area (Å²) in [7, 11) is 2.07. The normalized spacial score (nSPS) is 19.2. The van der Waals surface area contributed by atoms with Crippen LogP contribution in [0.25, 0.3) is 0 Å². The van der Waals surface area contributed by atoms with Crippen LogP contribution in [-0.2, 0) is 6.54 Å². The zero-order valence-corrected chi connectivity index (χ0v) is 11.9. The number of nitrogens with zero attached hydrogens (tertiary/aromatic N) is 1. The van der Waals surface area contributed by atoms with Gasteiger partial charge in [-0.3, -0.25) is 0 Å². The van der Waals surface area contributed by atoms with Crippen molar-refractivity contribution in [3.05, 3.63) is 29.6 Å². The summed E-state index contributed by atoms with van der Waals surface area (Å²) in [5.41, 5.74) is 2.01. The molecule has 1 N–H and O–H groups in total. The second-order valence-corrected chi connectivity index (χ2v) is 5.88. The quantitative estimate of drug-likeness (QED) is 0.884. The fourth-order valence-electron chi connectivity index (χ4n) is 2.25. The standard InChI is InChI=1S/C14H21FN2S/c1-3-16-9-11-6-12(15)8-14(7-11)17(2)13-4-5-18-10-13/h6-8,13,16H,3-5,9-10H2,1-2H3. The van der Waals surface area contributed by atoms with E-state index in [9.17, 15) is 4.39 Å². The van der Waals surface area contributed by atoms with Crippen LogP contribution in [0.4, 0.5) is 10.1 Å². The van der Waals surface area contributed by atoms with Crippen LogP contribution >= 0.6 is 11.8 Å². The minimum Gasteiger partial charge on any atom is -0.371 e. The third kappa shape index (κ3) is 3.39. The molecule has 0 radical (unpaired) electrons. The van der Waals surface area contributed by atoms with Crippen LogP contribution in [0.2, 0.25) is 0 Å². The van der Waals surface area contributed by atoms with Crippen LogP contribution in [0.3, 0.4) is 0 Å². The third-order valence-electron chi connectivity index (χ3n) is 3.38. The van der Waals surface area contributed by atoms with Gasteiger partial charge in [0.25, 0.3) is 0 Å². The average molecular weight is 268 g/mol. The summed E-state index contributed by atoms with van der Waals surface area (Å²) in [6.45, 7) is 3.69. The van der Waals surface area contributed by atoms with E-state index in [0.717, 1.165) is 30.1 Å². The molecule has 1 atom stereocenters. The summed E-state index contributed by atoms with van der Waals surface area (Å²) >= 11 is 1.98. The molecule has 1 aliphatic rings. The highest BCUT2D eigenvalue weighted by atomic mass is 32.2. The molecule has 0 aliphatic carbocycles. The predicted molar refractivity (Wildman–Crippen MR) is 77.9 cm³/mol. The zero-order chi connectivity index (χ0) is 13.0. The minimum absolute atomic E-state index is 0.141. The predicted octanol–water partition coefficient (Wildman–Crippen LogP) is 2.88. The fraction of sp³-hybridized carbons (Fsp3) is 0.571. The topological polar surface area (TPSA) is 15.3 Å². The van der Waals surface area contributed by atoms with Crippen molar-refractivity contribution in [1.29, 1.82) is 0 Å². The Morgan fingerprint density at radius 2 is 2.28 bits per heavy atom. The lowest BCUT2D eigenvalue weighted by Crippen LogP contribution is -2.31. The van der Waals surface area contributed by atoms with E-state index in [1.54, 1.807) is 12.1 Å². The molecule has 0 spiro atoms. The molecule has 1 aromatic rings. The summed E-state index contributed by atoms with van der Waals surface area (Å²) in [6, 6.07) is 5.89. The van der Waals surface area contributed by atoms with Gasteiger partial charge in [0.1, 0.15) is 5.82 Å². The molecule has 18 heavy (non-hydrogen) atoms. The molecule has 100 valence electrons. The van der Waals surface area contributed by atoms with Crippen molar-refractivity contribution in [3.8, 4) is 0 Å². The SMILES string of the molecule is CCNCc1cc(F)cc(N(C)C2CCSC2)c1. The van der Waals surface area contributed by atoms with Gasteiger partial charge in [-0.1, -0.05) is 6.92 Å². The van der Waals surface area contributed by atoms with Crippen LogP contribution < -0.4 is 10.2 Å². The van der Waals surface area contributed by atoms with E-state index < -0.39 is 0 Å². The molecule has 2 nitrogen and oxygen atoms in total. The Bertz CT molecular complexity index is 391. The van der Waals surface area contributed by atoms with Gasteiger partial charge in [-0.15, -0.1) is 0 Å². The number of hydrogen-bond acceptors (Lipinski definition) is 3. The van der Waals surface area contributed by atoms with Gasteiger partial charge in [0.15, 0.2) is 0 Å². The number of thioether (sulfide) groups is 1. The van der Waals surface area contributed by atoms with Gasteiger partial charge >= 0.3 is 0 Å². The lowest BCUT2D eigenvalue weighted by atomic mass is 10.1. The fourth-order valence-corrected chi connectivity index (χ4v) is 3.51. The smallest absolute Gasteiger partial charge is 0.125 e. The Hall–Kier alpha value is -0.740. The van der Waals surface area contributed by atoms with E-state index in [4.69, 9.17) is 0 Å². The first-order chi connectivity index (χ1) is 8.70. The third-order valence-corrected chi connectivity index (χ3v) is 4.53. The molecule has 0 aromatic heterocycles. The second-order valence-electron chi connectivity index (χ2n) is 4.73. The molecule has 1 unspecified atom stereocenters. The molecular weight excluding hydrogens is 247 g/mol. The maximum Gasteiger partial charge on any atom is 0.125 e. The summed E-state index contributed by atoms with van der Waals surface area (Å²) in [4.78, 5) is 2.22. The van der Waals surface area contributed by atoms with Gasteiger partial charge in [-0.2, -0.15) is 11.8 Å². The molecule has 1 aliphatic heterocycles. The maximum atomic E-state index is 13.6. The van der Waals surface area contributed by atoms with Gasteiger partial charge in [0.2, 0.25) is 0 Å². The number of benzene rings is 1. The Labute approximate surface area is 113 Å². The van der Waals surface area contributed by atoms with Crippen molar-refractivity contribution in [2.45, 2.75) is 25.9 Å². The number of halogens is 1. The van der Waals surface area contributed by atoms with Gasteiger partial charge < -0.3 is 10.2 Å².